The summed E-state index contributed by atoms with van der Waals surface area (Å²) in [6.07, 6.45) is 4.19. The molecule has 0 radical (unpaired) electrons. The fourth-order valence-corrected chi connectivity index (χ4v) is 5.33. The summed E-state index contributed by atoms with van der Waals surface area (Å²) in [4.78, 5) is 3.61. The second kappa shape index (κ2) is 6.34. The molecule has 2 heterocycles. The summed E-state index contributed by atoms with van der Waals surface area (Å²) in [6.45, 7) is 2.56. The average Bonchev–Trinajstić information content (AvgIpc) is 3.14. The van der Waals surface area contributed by atoms with E-state index in [4.69, 9.17) is 0 Å². The minimum Gasteiger partial charge on any atom is -0.309 e. The molecule has 1 aromatic rings. The molecule has 1 saturated carbocycles. The van der Waals surface area contributed by atoms with E-state index in [9.17, 15) is 8.42 Å². The first-order valence-electron chi connectivity index (χ1n) is 7.55. The quantitative estimate of drug-likeness (QED) is 0.828. The number of piperidine rings is 1. The summed E-state index contributed by atoms with van der Waals surface area (Å²) in [7, 11) is -1.32. The van der Waals surface area contributed by atoms with Crippen LogP contribution in [0.4, 0.5) is 0 Å². The number of rotatable bonds is 6. The van der Waals surface area contributed by atoms with Crippen molar-refractivity contribution in [1.82, 2.24) is 14.9 Å². The van der Waals surface area contributed by atoms with Crippen molar-refractivity contribution in [3.8, 4) is 0 Å². The van der Waals surface area contributed by atoms with Gasteiger partial charge in [0.25, 0.3) is 0 Å². The van der Waals surface area contributed by atoms with Gasteiger partial charge in [0.05, 0.1) is 4.90 Å². The third-order valence-corrected chi connectivity index (χ3v) is 6.82. The lowest BCUT2D eigenvalue weighted by atomic mass is 10.1. The van der Waals surface area contributed by atoms with Gasteiger partial charge in [0.2, 0.25) is 10.0 Å². The van der Waals surface area contributed by atoms with Crippen LogP contribution >= 0.6 is 11.3 Å². The second-order valence-corrected chi connectivity index (χ2v) is 8.75. The van der Waals surface area contributed by atoms with Gasteiger partial charge in [-0.3, -0.25) is 0 Å². The number of nitrogens with zero attached hydrogens (tertiary/aromatic N) is 1. The van der Waals surface area contributed by atoms with Crippen LogP contribution in [-0.2, 0) is 16.6 Å². The highest BCUT2D eigenvalue weighted by Gasteiger charge is 2.27. The molecule has 2 N–H and O–H groups in total. The minimum absolute atomic E-state index is 0.0651. The minimum atomic E-state index is -3.39. The third-order valence-electron chi connectivity index (χ3n) is 4.16. The number of thiophene rings is 1. The Kier molecular flexibility index (Phi) is 4.66. The zero-order valence-electron chi connectivity index (χ0n) is 12.3. The molecule has 118 valence electrons. The number of nitrogens with one attached hydrogen (secondary N) is 2. The van der Waals surface area contributed by atoms with Crippen LogP contribution in [0, 0.1) is 0 Å². The first kappa shape index (κ1) is 15.4. The van der Waals surface area contributed by atoms with Crippen molar-refractivity contribution in [2.75, 3.05) is 20.1 Å². The van der Waals surface area contributed by atoms with E-state index in [0.29, 0.717) is 17.5 Å². The van der Waals surface area contributed by atoms with Crippen LogP contribution in [0.15, 0.2) is 16.3 Å². The molecule has 0 bridgehead atoms. The Labute approximate surface area is 130 Å². The molecule has 1 aliphatic heterocycles. The molecule has 0 aromatic carbocycles. The first-order valence-corrected chi connectivity index (χ1v) is 9.91. The van der Waals surface area contributed by atoms with E-state index >= 15 is 0 Å². The molecule has 0 unspecified atom stereocenters. The maximum absolute atomic E-state index is 12.6. The standard InChI is InChI=1S/C14H23N3O2S2/c1-17-7-4-12(5-8-17)16-21(18,19)14-6-9-20-13(14)10-15-11-2-3-11/h6,9,11-12,15-16H,2-5,7-8,10H2,1H3. The van der Waals surface area contributed by atoms with Gasteiger partial charge in [0, 0.05) is 23.5 Å². The SMILES string of the molecule is CN1CCC(NS(=O)(=O)c2ccsc2CNC2CC2)CC1. The van der Waals surface area contributed by atoms with E-state index in [2.05, 4.69) is 22.0 Å². The van der Waals surface area contributed by atoms with Crippen LogP contribution in [0.5, 0.6) is 0 Å². The lowest BCUT2D eigenvalue weighted by Crippen LogP contribution is -2.43. The Hall–Kier alpha value is -0.470. The van der Waals surface area contributed by atoms with Crippen molar-refractivity contribution in [2.24, 2.45) is 0 Å². The van der Waals surface area contributed by atoms with Gasteiger partial charge >= 0.3 is 0 Å². The summed E-state index contributed by atoms with van der Waals surface area (Å²) in [6, 6.07) is 2.38. The van der Waals surface area contributed by atoms with Gasteiger partial charge in [0.1, 0.15) is 0 Å². The highest BCUT2D eigenvalue weighted by molar-refractivity contribution is 7.89. The van der Waals surface area contributed by atoms with Gasteiger partial charge in [-0.2, -0.15) is 0 Å². The summed E-state index contributed by atoms with van der Waals surface area (Å²) < 4.78 is 28.0. The zero-order chi connectivity index (χ0) is 14.9. The Morgan fingerprint density at radius 1 is 1.24 bits per heavy atom. The smallest absolute Gasteiger partial charge is 0.241 e. The zero-order valence-corrected chi connectivity index (χ0v) is 14.0. The molecule has 5 nitrogen and oxygen atoms in total. The normalized spacial score (nSPS) is 21.8. The van der Waals surface area contributed by atoms with Gasteiger partial charge in [-0.05, 0) is 57.3 Å². The van der Waals surface area contributed by atoms with Crippen LogP contribution in [0.3, 0.4) is 0 Å². The Bertz CT molecular complexity index is 573. The predicted octanol–water partition coefficient (Wildman–Crippen LogP) is 1.37. The van der Waals surface area contributed by atoms with Crippen LogP contribution in [0.1, 0.15) is 30.6 Å². The molecule has 2 fully saturated rings. The molecule has 21 heavy (non-hydrogen) atoms. The molecule has 7 heteroatoms. The largest absolute Gasteiger partial charge is 0.309 e. The number of sulfonamides is 1. The van der Waals surface area contributed by atoms with E-state index in [-0.39, 0.29) is 6.04 Å². The fourth-order valence-electron chi connectivity index (χ4n) is 2.63. The van der Waals surface area contributed by atoms with Crippen molar-refractivity contribution < 1.29 is 8.42 Å². The van der Waals surface area contributed by atoms with Gasteiger partial charge in [-0.25, -0.2) is 13.1 Å². The van der Waals surface area contributed by atoms with Crippen molar-refractivity contribution in [3.63, 3.8) is 0 Å². The molecular weight excluding hydrogens is 306 g/mol. The highest BCUT2D eigenvalue weighted by atomic mass is 32.2. The van der Waals surface area contributed by atoms with Crippen LogP contribution in [-0.4, -0.2) is 45.5 Å². The molecule has 1 aromatic heterocycles. The van der Waals surface area contributed by atoms with E-state index in [1.54, 1.807) is 6.07 Å². The lowest BCUT2D eigenvalue weighted by molar-refractivity contribution is 0.248. The van der Waals surface area contributed by atoms with E-state index in [0.717, 1.165) is 30.8 Å². The van der Waals surface area contributed by atoms with Crippen LogP contribution in [0.25, 0.3) is 0 Å². The second-order valence-electron chi connectivity index (χ2n) is 6.06. The number of likely N-dealkylation sites (tertiary alicyclic amines) is 1. The van der Waals surface area contributed by atoms with Gasteiger partial charge in [-0.1, -0.05) is 0 Å². The fraction of sp³-hybridized carbons (Fsp3) is 0.714. The van der Waals surface area contributed by atoms with Crippen molar-refractivity contribution in [3.05, 3.63) is 16.3 Å². The van der Waals surface area contributed by atoms with Crippen molar-refractivity contribution >= 4 is 21.4 Å². The maximum atomic E-state index is 12.6. The summed E-state index contributed by atoms with van der Waals surface area (Å²) in [5.74, 6) is 0. The molecule has 2 aliphatic rings. The monoisotopic (exact) mass is 329 g/mol. The van der Waals surface area contributed by atoms with E-state index in [1.807, 2.05) is 5.38 Å². The Morgan fingerprint density at radius 2 is 1.95 bits per heavy atom. The van der Waals surface area contributed by atoms with Gasteiger partial charge in [0.15, 0.2) is 0 Å². The summed E-state index contributed by atoms with van der Waals surface area (Å²) in [5, 5.41) is 5.26. The molecule has 0 atom stereocenters. The van der Waals surface area contributed by atoms with Gasteiger partial charge in [-0.15, -0.1) is 11.3 Å². The first-order chi connectivity index (χ1) is 10.0. The van der Waals surface area contributed by atoms with Crippen LogP contribution < -0.4 is 10.0 Å². The molecule has 0 spiro atoms. The highest BCUT2D eigenvalue weighted by Crippen LogP contribution is 2.25. The Morgan fingerprint density at radius 3 is 2.62 bits per heavy atom. The molecule has 1 saturated heterocycles. The summed E-state index contributed by atoms with van der Waals surface area (Å²) >= 11 is 1.52. The van der Waals surface area contributed by atoms with Crippen molar-refractivity contribution in [2.45, 2.75) is 49.2 Å². The molecule has 1 aliphatic carbocycles. The number of hydrogen-bond donors (Lipinski definition) is 2. The topological polar surface area (TPSA) is 61.4 Å². The van der Waals surface area contributed by atoms with Gasteiger partial charge < -0.3 is 10.2 Å². The number of hydrogen-bond acceptors (Lipinski definition) is 5. The molecule has 0 amide bonds. The van der Waals surface area contributed by atoms with E-state index < -0.39 is 10.0 Å². The maximum Gasteiger partial charge on any atom is 0.241 e. The molecular formula is C14H23N3O2S2. The predicted molar refractivity (Wildman–Crippen MR) is 85.0 cm³/mol. The van der Waals surface area contributed by atoms with E-state index in [1.165, 1.54) is 24.2 Å². The Balaban J connectivity index is 1.64. The van der Waals surface area contributed by atoms with Crippen molar-refractivity contribution in [1.29, 1.82) is 0 Å². The van der Waals surface area contributed by atoms with Crippen LogP contribution in [0.2, 0.25) is 0 Å². The summed E-state index contributed by atoms with van der Waals surface area (Å²) in [5.41, 5.74) is 0. The average molecular weight is 329 g/mol. The lowest BCUT2D eigenvalue weighted by Gasteiger charge is -2.29. The molecule has 3 rings (SSSR count). The third kappa shape index (κ3) is 4.04.